The Hall–Kier alpha value is -5.06. The number of rotatable bonds is 12. The minimum Gasteiger partial charge on any atom is -0.496 e. The van der Waals surface area contributed by atoms with E-state index in [-0.39, 0.29) is 56.5 Å². The number of amides is 3. The zero-order chi connectivity index (χ0) is 43.0. The lowest BCUT2D eigenvalue weighted by Gasteiger charge is -2.29. The van der Waals surface area contributed by atoms with Crippen LogP contribution in [0.2, 0.25) is 0 Å². The molecule has 2 saturated carbocycles. The summed E-state index contributed by atoms with van der Waals surface area (Å²) in [5.41, 5.74) is 0.0642. The van der Waals surface area contributed by atoms with E-state index >= 15 is 0 Å². The van der Waals surface area contributed by atoms with E-state index in [1.165, 1.54) is 21.8 Å². The van der Waals surface area contributed by atoms with Crippen molar-refractivity contribution < 1.29 is 46.2 Å². The van der Waals surface area contributed by atoms with Gasteiger partial charge in [0.15, 0.2) is 5.78 Å². The molecule has 0 radical (unpaired) electrons. The molecule has 15 nitrogen and oxygen atoms in total. The van der Waals surface area contributed by atoms with Crippen LogP contribution in [0.15, 0.2) is 42.6 Å². The van der Waals surface area contributed by atoms with E-state index in [0.717, 1.165) is 18.4 Å². The number of ketones is 1. The third-order valence-corrected chi connectivity index (χ3v) is 14.5. The number of alkyl halides is 1. The van der Waals surface area contributed by atoms with Crippen LogP contribution in [0.25, 0.3) is 10.9 Å². The Morgan fingerprint density at radius 1 is 1.10 bits per heavy atom. The highest BCUT2D eigenvalue weighted by Crippen LogP contribution is 2.57. The number of hydrogen-bond acceptors (Lipinski definition) is 11. The first-order valence-electron chi connectivity index (χ1n) is 20.9. The number of fused-ring (bicyclic) bond motifs is 3. The Labute approximate surface area is 349 Å². The molecular formula is C43H55FN6O9S. The zero-order valence-corrected chi connectivity index (χ0v) is 35.7. The second-order valence-corrected chi connectivity index (χ2v) is 19.3. The van der Waals surface area contributed by atoms with Crippen molar-refractivity contribution in [1.82, 2.24) is 29.7 Å². The van der Waals surface area contributed by atoms with E-state index in [0.29, 0.717) is 54.0 Å². The van der Waals surface area contributed by atoms with Crippen molar-refractivity contribution in [3.63, 3.8) is 0 Å². The monoisotopic (exact) mass is 850 g/mol. The molecule has 4 heterocycles. The molecule has 0 unspecified atom stereocenters. The van der Waals surface area contributed by atoms with E-state index in [1.807, 2.05) is 45.1 Å². The quantitative estimate of drug-likeness (QED) is 0.230. The molecule has 3 fully saturated rings. The number of Topliss-reactive ketones (excluding diaryl/α,β-unsaturated/α-hetero) is 1. The van der Waals surface area contributed by atoms with Gasteiger partial charge in [0.25, 0.3) is 5.91 Å². The van der Waals surface area contributed by atoms with Crippen molar-refractivity contribution in [1.29, 1.82) is 0 Å². The molecule has 0 spiro atoms. The molecule has 1 aromatic carbocycles. The summed E-state index contributed by atoms with van der Waals surface area (Å²) in [5, 5.41) is 7.68. The van der Waals surface area contributed by atoms with Crippen LogP contribution in [-0.2, 0) is 31.0 Å². The molecule has 17 heteroatoms. The maximum absolute atomic E-state index is 14.8. The van der Waals surface area contributed by atoms with Crippen molar-refractivity contribution >= 4 is 44.4 Å². The molecule has 2 aromatic heterocycles. The van der Waals surface area contributed by atoms with Crippen molar-refractivity contribution in [2.75, 3.05) is 20.3 Å². The summed E-state index contributed by atoms with van der Waals surface area (Å²) in [4.78, 5) is 63.3. The number of aromatic nitrogens is 3. The van der Waals surface area contributed by atoms with Crippen molar-refractivity contribution in [2.45, 2.75) is 127 Å². The fraction of sp³-hybridized carbons (Fsp3) is 0.581. The molecular weight excluding hydrogens is 796 g/mol. The molecule has 1 saturated heterocycles. The van der Waals surface area contributed by atoms with Gasteiger partial charge in [-0.05, 0) is 90.3 Å². The standard InChI is InChI=1S/C43H55FN6O9S/c1-26(2)58-37-22-36(30-13-14-35(57-5)27(3)38(30)46-37)59-29-21-33-34(51)24-43(41(54)48-60(55,56)42(4)16-17-42)23-28(43)11-9-7-6-8-10-12-32(40(53)50(33)25-29)45-39(52)31-15-19-49(47-31)20-18-44/h9,11,13-15,19,22,26,28-29,32-33H,6-8,10,12,16-18,20-21,23-25H2,1-5H3,(H,45,52)(H,48,54)/b11-9-/t28-,29-,32+,33+,43-/m1/s1. The number of carbonyl (C=O) groups excluding carboxylic acids is 4. The molecule has 324 valence electrons. The second kappa shape index (κ2) is 17.1. The van der Waals surface area contributed by atoms with Crippen LogP contribution in [0.1, 0.15) is 101 Å². The SMILES string of the molecule is COc1ccc2c(O[C@@H]3C[C@H]4C(=O)C[C@]5(C(=O)NS(=O)(=O)C6(C)CC6)C[C@H]5/C=C\CCCCC[C@H](NC(=O)c5ccn(CCF)n5)C(=O)N4C3)cc(OC(C)C)nc2c1C. The highest BCUT2D eigenvalue weighted by Gasteiger charge is 2.62. The first-order chi connectivity index (χ1) is 28.6. The Balaban J connectivity index is 1.23. The van der Waals surface area contributed by atoms with Crippen LogP contribution in [0.5, 0.6) is 17.4 Å². The molecule has 3 amide bonds. The van der Waals surface area contributed by atoms with Crippen LogP contribution < -0.4 is 24.2 Å². The van der Waals surface area contributed by atoms with Gasteiger partial charge in [0.1, 0.15) is 36.0 Å². The number of nitrogens with one attached hydrogen (secondary N) is 2. The van der Waals surface area contributed by atoms with Gasteiger partial charge in [0, 0.05) is 36.1 Å². The number of methoxy groups -OCH3 is 1. The number of allylic oxidation sites excluding steroid dienone is 2. The van der Waals surface area contributed by atoms with E-state index < -0.39 is 68.6 Å². The third-order valence-electron chi connectivity index (χ3n) is 12.3. The van der Waals surface area contributed by atoms with Gasteiger partial charge in [-0.3, -0.25) is 28.6 Å². The van der Waals surface area contributed by atoms with Gasteiger partial charge in [-0.1, -0.05) is 25.0 Å². The maximum Gasteiger partial charge on any atom is 0.272 e. The van der Waals surface area contributed by atoms with Gasteiger partial charge in [-0.15, -0.1) is 0 Å². The molecule has 2 N–H and O–H groups in total. The zero-order valence-electron chi connectivity index (χ0n) is 34.9. The first-order valence-corrected chi connectivity index (χ1v) is 22.3. The Kier molecular flexibility index (Phi) is 12.3. The number of ether oxygens (including phenoxy) is 3. The molecule has 2 aliphatic carbocycles. The van der Waals surface area contributed by atoms with E-state index in [1.54, 1.807) is 20.1 Å². The third kappa shape index (κ3) is 8.86. The maximum atomic E-state index is 14.8. The summed E-state index contributed by atoms with van der Waals surface area (Å²) in [6, 6.07) is 4.66. The lowest BCUT2D eigenvalue weighted by Crippen LogP contribution is -2.52. The van der Waals surface area contributed by atoms with Crippen molar-refractivity contribution in [3.8, 4) is 17.4 Å². The summed E-state index contributed by atoms with van der Waals surface area (Å²) in [5.74, 6) is -1.24. The predicted molar refractivity (Wildman–Crippen MR) is 220 cm³/mol. The first kappa shape index (κ1) is 43.0. The second-order valence-electron chi connectivity index (χ2n) is 17.1. The molecule has 5 atom stereocenters. The summed E-state index contributed by atoms with van der Waals surface area (Å²) in [6.45, 7) is 6.51. The smallest absolute Gasteiger partial charge is 0.272 e. The summed E-state index contributed by atoms with van der Waals surface area (Å²) >= 11 is 0. The predicted octanol–water partition coefficient (Wildman–Crippen LogP) is 5.14. The van der Waals surface area contributed by atoms with Crippen LogP contribution in [-0.4, -0.2) is 101 Å². The van der Waals surface area contributed by atoms with Crippen LogP contribution in [0, 0.1) is 18.3 Å². The number of halogens is 1. The average Bonchev–Trinajstić information content (AvgIpc) is 3.99. The number of hydrogen-bond donors (Lipinski definition) is 2. The van der Waals surface area contributed by atoms with E-state index in [4.69, 9.17) is 19.2 Å². The lowest BCUT2D eigenvalue weighted by atomic mass is 9.91. The highest BCUT2D eigenvalue weighted by molar-refractivity contribution is 7.91. The number of sulfonamides is 1. The molecule has 2 aliphatic heterocycles. The van der Waals surface area contributed by atoms with Gasteiger partial charge in [-0.2, -0.15) is 5.10 Å². The average molecular weight is 851 g/mol. The normalized spacial score (nSPS) is 26.0. The molecule has 0 bridgehead atoms. The number of pyridine rings is 1. The fourth-order valence-corrected chi connectivity index (χ4v) is 9.70. The Morgan fingerprint density at radius 2 is 1.88 bits per heavy atom. The molecule has 60 heavy (non-hydrogen) atoms. The molecule has 4 aliphatic rings. The van der Waals surface area contributed by atoms with Crippen LogP contribution in [0.4, 0.5) is 4.39 Å². The summed E-state index contributed by atoms with van der Waals surface area (Å²) in [6.07, 6.45) is 8.43. The number of nitrogens with zero attached hydrogens (tertiary/aromatic N) is 4. The van der Waals surface area contributed by atoms with Crippen molar-refractivity contribution in [2.24, 2.45) is 11.3 Å². The Morgan fingerprint density at radius 3 is 2.60 bits per heavy atom. The van der Waals surface area contributed by atoms with Gasteiger partial charge in [-0.25, -0.2) is 17.8 Å². The van der Waals surface area contributed by atoms with Gasteiger partial charge < -0.3 is 24.4 Å². The number of aryl methyl sites for hydroxylation is 2. The lowest BCUT2D eigenvalue weighted by molar-refractivity contribution is -0.140. The van der Waals surface area contributed by atoms with E-state index in [9.17, 15) is 32.0 Å². The number of benzene rings is 1. The summed E-state index contributed by atoms with van der Waals surface area (Å²) < 4.78 is 60.4. The Bertz CT molecular complexity index is 2290. The minimum atomic E-state index is -3.99. The summed E-state index contributed by atoms with van der Waals surface area (Å²) in [7, 11) is -2.42. The molecule has 3 aromatic rings. The highest BCUT2D eigenvalue weighted by atomic mass is 32.2. The van der Waals surface area contributed by atoms with Crippen LogP contribution in [0.3, 0.4) is 0 Å². The largest absolute Gasteiger partial charge is 0.496 e. The molecule has 7 rings (SSSR count). The van der Waals surface area contributed by atoms with E-state index in [2.05, 4.69) is 15.1 Å². The topological polar surface area (TPSA) is 188 Å². The van der Waals surface area contributed by atoms with Gasteiger partial charge in [0.2, 0.25) is 27.7 Å². The van der Waals surface area contributed by atoms with Crippen LogP contribution >= 0.6 is 0 Å². The van der Waals surface area contributed by atoms with Gasteiger partial charge in [0.05, 0.1) is 48.0 Å². The van der Waals surface area contributed by atoms with Crippen molar-refractivity contribution in [3.05, 3.63) is 53.9 Å². The van der Waals surface area contributed by atoms with Gasteiger partial charge >= 0.3 is 0 Å². The fourth-order valence-electron chi connectivity index (χ4n) is 8.37. The number of carbonyl (C=O) groups is 4. The minimum absolute atomic E-state index is 0.0196.